The minimum Gasteiger partial charge on any atom is -0.493 e. The van der Waals surface area contributed by atoms with Crippen LogP contribution in [0.15, 0.2) is 60.7 Å². The first kappa shape index (κ1) is 22.6. The number of halogens is 2. The van der Waals surface area contributed by atoms with Crippen LogP contribution in [0.25, 0.3) is 11.6 Å². The van der Waals surface area contributed by atoms with Crippen LogP contribution < -0.4 is 9.47 Å². The molecule has 0 saturated carbocycles. The average Bonchev–Trinajstić information content (AvgIpc) is 2.77. The first-order chi connectivity index (χ1) is 14.9. The van der Waals surface area contributed by atoms with Gasteiger partial charge < -0.3 is 9.47 Å². The van der Waals surface area contributed by atoms with E-state index >= 15 is 0 Å². The second-order valence-corrected chi connectivity index (χ2v) is 8.08. The Labute approximate surface area is 198 Å². The summed E-state index contributed by atoms with van der Waals surface area (Å²) in [5, 5.41) is 20.7. The highest BCUT2D eigenvalue weighted by molar-refractivity contribution is 14.1. The summed E-state index contributed by atoms with van der Waals surface area (Å²) in [6.45, 7) is 0.328. The van der Waals surface area contributed by atoms with Crippen LogP contribution in [-0.4, -0.2) is 12.0 Å². The van der Waals surface area contributed by atoms with Gasteiger partial charge >= 0.3 is 0 Å². The Balaban J connectivity index is 1.87. The topological polar surface area (TPSA) is 85.4 Å². The van der Waals surface area contributed by atoms with Crippen molar-refractivity contribution in [2.24, 2.45) is 0 Å². The summed E-state index contributed by atoms with van der Waals surface area (Å²) < 4.78 is 12.5. The van der Waals surface area contributed by atoms with Crippen LogP contribution in [-0.2, 0) is 6.61 Å². The van der Waals surface area contributed by atoms with E-state index in [-0.39, 0.29) is 5.69 Å². The fourth-order valence-electron chi connectivity index (χ4n) is 2.81. The molecule has 0 amide bonds. The number of benzene rings is 3. The Hall–Kier alpha value is -3.09. The smallest absolute Gasteiger partial charge is 0.269 e. The Kier molecular flexibility index (Phi) is 7.50. The van der Waals surface area contributed by atoms with Crippen molar-refractivity contribution in [1.29, 1.82) is 5.26 Å². The molecule has 0 fully saturated rings. The van der Waals surface area contributed by atoms with E-state index in [2.05, 4.69) is 28.7 Å². The Morgan fingerprint density at radius 1 is 1.19 bits per heavy atom. The van der Waals surface area contributed by atoms with E-state index in [0.29, 0.717) is 39.8 Å². The van der Waals surface area contributed by atoms with Crippen LogP contribution in [0.2, 0.25) is 5.02 Å². The van der Waals surface area contributed by atoms with Gasteiger partial charge in [-0.05, 0) is 81.8 Å². The summed E-state index contributed by atoms with van der Waals surface area (Å²) in [6, 6.07) is 19.2. The maximum Gasteiger partial charge on any atom is 0.269 e. The van der Waals surface area contributed by atoms with Gasteiger partial charge in [-0.3, -0.25) is 10.1 Å². The number of non-ortho nitro benzene ring substituents is 1. The van der Waals surface area contributed by atoms with E-state index in [9.17, 15) is 15.4 Å². The van der Waals surface area contributed by atoms with Crippen molar-refractivity contribution < 1.29 is 14.4 Å². The lowest BCUT2D eigenvalue weighted by Crippen LogP contribution is -1.99. The highest BCUT2D eigenvalue weighted by atomic mass is 127. The molecule has 0 aliphatic rings. The van der Waals surface area contributed by atoms with Crippen LogP contribution in [0.4, 0.5) is 5.69 Å². The second kappa shape index (κ2) is 10.3. The highest BCUT2D eigenvalue weighted by Crippen LogP contribution is 2.38. The molecule has 0 bridgehead atoms. The third kappa shape index (κ3) is 5.75. The molecular formula is C23H16ClIN2O4. The van der Waals surface area contributed by atoms with Gasteiger partial charge in [-0.2, -0.15) is 5.26 Å². The molecule has 156 valence electrons. The summed E-state index contributed by atoms with van der Waals surface area (Å²) in [5.74, 6) is 0.846. The van der Waals surface area contributed by atoms with Crippen LogP contribution in [0.1, 0.15) is 16.7 Å². The molecule has 8 heteroatoms. The number of hydrogen-bond donors (Lipinski definition) is 0. The first-order valence-electron chi connectivity index (χ1n) is 9.02. The Bertz CT molecular complexity index is 1170. The maximum atomic E-state index is 10.8. The van der Waals surface area contributed by atoms with Crippen molar-refractivity contribution >= 4 is 51.5 Å². The van der Waals surface area contributed by atoms with E-state index in [1.165, 1.54) is 31.4 Å². The minimum absolute atomic E-state index is 0.0413. The van der Waals surface area contributed by atoms with Crippen molar-refractivity contribution in [2.45, 2.75) is 6.61 Å². The first-order valence-corrected chi connectivity index (χ1v) is 10.5. The number of allylic oxidation sites excluding steroid dienone is 1. The van der Waals surface area contributed by atoms with Crippen molar-refractivity contribution in [2.75, 3.05) is 7.11 Å². The summed E-state index contributed by atoms with van der Waals surface area (Å²) in [7, 11) is 1.51. The van der Waals surface area contributed by atoms with Gasteiger partial charge in [-0.25, -0.2) is 0 Å². The lowest BCUT2D eigenvalue weighted by Gasteiger charge is -2.14. The van der Waals surface area contributed by atoms with Gasteiger partial charge in [0.05, 0.1) is 28.7 Å². The highest BCUT2D eigenvalue weighted by Gasteiger charge is 2.13. The zero-order valence-corrected chi connectivity index (χ0v) is 19.3. The SMILES string of the molecule is COc1cc(/C=C(/C#N)c2ccc([N+](=O)[O-])cc2)cc(Cl)c1OCc1ccc(I)cc1. The number of nitrogens with zero attached hydrogens (tertiary/aromatic N) is 2. The fourth-order valence-corrected chi connectivity index (χ4v) is 3.44. The summed E-state index contributed by atoms with van der Waals surface area (Å²) in [6.07, 6.45) is 1.64. The number of hydrogen-bond acceptors (Lipinski definition) is 5. The largest absolute Gasteiger partial charge is 0.493 e. The molecule has 31 heavy (non-hydrogen) atoms. The van der Waals surface area contributed by atoms with E-state index in [1.807, 2.05) is 24.3 Å². The zero-order chi connectivity index (χ0) is 22.4. The van der Waals surface area contributed by atoms with Gasteiger partial charge in [0.1, 0.15) is 6.61 Å². The molecule has 3 aromatic carbocycles. The van der Waals surface area contributed by atoms with Crippen molar-refractivity contribution in [3.8, 4) is 17.6 Å². The predicted octanol–water partition coefficient (Wildman–Crippen LogP) is 6.50. The second-order valence-electron chi connectivity index (χ2n) is 6.42. The number of nitriles is 1. The molecule has 0 heterocycles. The lowest BCUT2D eigenvalue weighted by atomic mass is 10.0. The number of nitro groups is 1. The third-order valence-corrected chi connectivity index (χ3v) is 5.37. The van der Waals surface area contributed by atoms with Crippen LogP contribution in [0.3, 0.4) is 0 Å². The van der Waals surface area contributed by atoms with Gasteiger partial charge in [0.2, 0.25) is 0 Å². The van der Waals surface area contributed by atoms with Gasteiger partial charge in [-0.15, -0.1) is 0 Å². The quantitative estimate of drug-likeness (QED) is 0.111. The van der Waals surface area contributed by atoms with Gasteiger partial charge in [0.25, 0.3) is 5.69 Å². The predicted molar refractivity (Wildman–Crippen MR) is 128 cm³/mol. The summed E-state index contributed by atoms with van der Waals surface area (Å²) in [5.41, 5.74) is 2.48. The maximum absolute atomic E-state index is 10.8. The molecule has 0 unspecified atom stereocenters. The number of rotatable bonds is 7. The van der Waals surface area contributed by atoms with E-state index in [1.54, 1.807) is 18.2 Å². The van der Waals surface area contributed by atoms with Crippen LogP contribution in [0.5, 0.6) is 11.5 Å². The standard InChI is InChI=1S/C23H16ClIN2O4/c1-30-22-12-16(10-18(13-26)17-4-8-20(9-5-17)27(28)29)11-21(24)23(22)31-14-15-2-6-19(25)7-3-15/h2-12H,14H2,1H3/b18-10-. The molecule has 3 aromatic rings. The normalized spacial score (nSPS) is 11.0. The van der Waals surface area contributed by atoms with Crippen molar-refractivity contribution in [3.05, 3.63) is 96.1 Å². The summed E-state index contributed by atoms with van der Waals surface area (Å²) >= 11 is 8.68. The van der Waals surface area contributed by atoms with Crippen LogP contribution in [0, 0.1) is 25.0 Å². The van der Waals surface area contributed by atoms with Gasteiger partial charge in [-0.1, -0.05) is 23.7 Å². The fraction of sp³-hybridized carbons (Fsp3) is 0.0870. The number of ether oxygens (including phenoxy) is 2. The van der Waals surface area contributed by atoms with E-state index < -0.39 is 4.92 Å². The number of nitro benzene ring substituents is 1. The van der Waals surface area contributed by atoms with Gasteiger partial charge in [0.15, 0.2) is 11.5 Å². The molecule has 0 atom stereocenters. The van der Waals surface area contributed by atoms with Gasteiger partial charge in [0, 0.05) is 15.7 Å². The molecule has 0 aliphatic carbocycles. The molecule has 0 N–H and O–H groups in total. The third-order valence-electron chi connectivity index (χ3n) is 4.37. The molecule has 0 spiro atoms. The molecule has 0 saturated heterocycles. The minimum atomic E-state index is -0.487. The molecule has 0 aliphatic heterocycles. The van der Waals surface area contributed by atoms with E-state index in [4.69, 9.17) is 21.1 Å². The lowest BCUT2D eigenvalue weighted by molar-refractivity contribution is -0.384. The van der Waals surface area contributed by atoms with E-state index in [0.717, 1.165) is 9.13 Å². The monoisotopic (exact) mass is 546 g/mol. The molecule has 0 aromatic heterocycles. The average molecular weight is 547 g/mol. The molecular weight excluding hydrogens is 531 g/mol. The Morgan fingerprint density at radius 2 is 1.87 bits per heavy atom. The van der Waals surface area contributed by atoms with Crippen molar-refractivity contribution in [3.63, 3.8) is 0 Å². The van der Waals surface area contributed by atoms with Crippen molar-refractivity contribution in [1.82, 2.24) is 0 Å². The zero-order valence-electron chi connectivity index (χ0n) is 16.3. The van der Waals surface area contributed by atoms with Crippen LogP contribution >= 0.6 is 34.2 Å². The Morgan fingerprint density at radius 3 is 2.45 bits per heavy atom. The molecule has 6 nitrogen and oxygen atoms in total. The molecule has 3 rings (SSSR count). The number of methoxy groups -OCH3 is 1. The molecule has 0 radical (unpaired) electrons. The summed E-state index contributed by atoms with van der Waals surface area (Å²) in [4.78, 5) is 10.3.